The molecule has 2 heteroatoms. The van der Waals surface area contributed by atoms with Crippen molar-refractivity contribution in [1.82, 2.24) is 0 Å². The molecule has 0 spiro atoms. The van der Waals surface area contributed by atoms with Crippen LogP contribution in [-0.2, 0) is 0 Å². The maximum absolute atomic E-state index is 9.55. The van der Waals surface area contributed by atoms with E-state index in [-0.39, 0.29) is 0 Å². The minimum atomic E-state index is 0.644. The largest absolute Gasteiger partial charge is 0.310 e. The van der Waals surface area contributed by atoms with Crippen LogP contribution in [0.5, 0.6) is 0 Å². The van der Waals surface area contributed by atoms with Crippen LogP contribution < -0.4 is 4.90 Å². The summed E-state index contributed by atoms with van der Waals surface area (Å²) in [4.78, 5) is 2.31. The van der Waals surface area contributed by atoms with E-state index in [0.29, 0.717) is 5.56 Å². The number of nitriles is 1. The van der Waals surface area contributed by atoms with Gasteiger partial charge in [-0.1, -0.05) is 109 Å². The summed E-state index contributed by atoms with van der Waals surface area (Å²) in [5.74, 6) is 0. The highest BCUT2D eigenvalue weighted by Crippen LogP contribution is 2.43. The number of fused-ring (bicyclic) bond motifs is 12. The first-order valence-electron chi connectivity index (χ1n) is 15.3. The summed E-state index contributed by atoms with van der Waals surface area (Å²) in [5.41, 5.74) is 3.78. The fraction of sp³-hybridized carbons (Fsp3) is 0. The molecule has 0 saturated carbocycles. The lowest BCUT2D eigenvalue weighted by Gasteiger charge is -2.27. The first kappa shape index (κ1) is 25.3. The summed E-state index contributed by atoms with van der Waals surface area (Å²) in [7, 11) is 0. The van der Waals surface area contributed by atoms with Gasteiger partial charge in [0, 0.05) is 17.1 Å². The summed E-state index contributed by atoms with van der Waals surface area (Å²) in [5, 5.41) is 24.5. The van der Waals surface area contributed by atoms with Crippen molar-refractivity contribution in [1.29, 1.82) is 5.26 Å². The van der Waals surface area contributed by atoms with Gasteiger partial charge < -0.3 is 4.90 Å². The molecule has 9 aromatic rings. The molecular formula is C43H26N2. The number of rotatable bonds is 3. The monoisotopic (exact) mass is 570 g/mol. The second-order valence-corrected chi connectivity index (χ2v) is 11.6. The van der Waals surface area contributed by atoms with E-state index in [2.05, 4.69) is 144 Å². The Hall–Kier alpha value is -6.17. The molecule has 9 rings (SSSR count). The van der Waals surface area contributed by atoms with Crippen molar-refractivity contribution in [2.24, 2.45) is 0 Å². The van der Waals surface area contributed by atoms with Crippen molar-refractivity contribution in [3.05, 3.63) is 163 Å². The molecule has 0 aliphatic carbocycles. The van der Waals surface area contributed by atoms with Crippen molar-refractivity contribution < 1.29 is 0 Å². The van der Waals surface area contributed by atoms with Crippen LogP contribution in [0.2, 0.25) is 0 Å². The number of anilines is 3. The molecule has 0 heterocycles. The van der Waals surface area contributed by atoms with E-state index in [9.17, 15) is 5.26 Å². The SMILES string of the molecule is N#Cc1ccc(N(c2ccc3c4ccccc4c4ccccc4c3c2)c2ccc3c4ccccc4c4ccccc4c3c2)cc1. The minimum absolute atomic E-state index is 0.644. The summed E-state index contributed by atoms with van der Waals surface area (Å²) in [6, 6.07) is 58.6. The molecule has 0 atom stereocenters. The van der Waals surface area contributed by atoms with Gasteiger partial charge in [-0.2, -0.15) is 5.26 Å². The van der Waals surface area contributed by atoms with Crippen LogP contribution in [0.25, 0.3) is 64.6 Å². The highest BCUT2D eigenvalue weighted by Gasteiger charge is 2.17. The van der Waals surface area contributed by atoms with Gasteiger partial charge in [0.2, 0.25) is 0 Å². The van der Waals surface area contributed by atoms with E-state index in [1.165, 1.54) is 64.6 Å². The normalized spacial score (nSPS) is 11.5. The summed E-state index contributed by atoms with van der Waals surface area (Å²) in [6.07, 6.45) is 0. The molecule has 9 aromatic carbocycles. The smallest absolute Gasteiger partial charge is 0.0991 e. The Bertz CT molecular complexity index is 2430. The van der Waals surface area contributed by atoms with Crippen LogP contribution in [0.4, 0.5) is 17.1 Å². The zero-order valence-electron chi connectivity index (χ0n) is 24.4. The highest BCUT2D eigenvalue weighted by molar-refractivity contribution is 6.27. The average molecular weight is 571 g/mol. The predicted octanol–water partition coefficient (Wildman–Crippen LogP) is 11.9. The molecule has 0 bridgehead atoms. The zero-order chi connectivity index (χ0) is 29.9. The molecule has 0 aliphatic rings. The second kappa shape index (κ2) is 9.95. The molecule has 0 radical (unpaired) electrons. The Kier molecular flexibility index (Phi) is 5.60. The van der Waals surface area contributed by atoms with Crippen molar-refractivity contribution in [3.8, 4) is 6.07 Å². The van der Waals surface area contributed by atoms with Crippen LogP contribution in [-0.4, -0.2) is 0 Å². The Labute approximate surface area is 260 Å². The Morgan fingerprint density at radius 2 is 0.600 bits per heavy atom. The van der Waals surface area contributed by atoms with Gasteiger partial charge in [-0.05, 0) is 113 Å². The van der Waals surface area contributed by atoms with E-state index in [4.69, 9.17) is 0 Å². The molecule has 2 nitrogen and oxygen atoms in total. The topological polar surface area (TPSA) is 27.0 Å². The molecule has 0 unspecified atom stereocenters. The van der Waals surface area contributed by atoms with Crippen molar-refractivity contribution in [2.45, 2.75) is 0 Å². The Morgan fingerprint density at radius 1 is 0.311 bits per heavy atom. The maximum Gasteiger partial charge on any atom is 0.0991 e. The lowest BCUT2D eigenvalue weighted by Crippen LogP contribution is -2.10. The summed E-state index contributed by atoms with van der Waals surface area (Å²) in [6.45, 7) is 0. The fourth-order valence-corrected chi connectivity index (χ4v) is 7.20. The van der Waals surface area contributed by atoms with Gasteiger partial charge in [0.1, 0.15) is 0 Å². The van der Waals surface area contributed by atoms with Crippen LogP contribution in [0.3, 0.4) is 0 Å². The van der Waals surface area contributed by atoms with E-state index in [1.54, 1.807) is 0 Å². The second-order valence-electron chi connectivity index (χ2n) is 11.6. The average Bonchev–Trinajstić information content (AvgIpc) is 3.12. The molecular weight excluding hydrogens is 544 g/mol. The van der Waals surface area contributed by atoms with E-state index in [0.717, 1.165) is 17.1 Å². The standard InChI is InChI=1S/C43H26N2/c44-27-28-17-19-29(20-18-28)45(30-21-23-40-36-13-3-1-9-32(36)34-11-5-7-15-38(34)42(40)25-30)31-22-24-41-37-14-4-2-10-33(37)35-12-6-8-16-39(35)43(41)26-31/h1-26H. The lowest BCUT2D eigenvalue weighted by molar-refractivity contribution is 1.29. The van der Waals surface area contributed by atoms with Gasteiger partial charge in [0.25, 0.3) is 0 Å². The molecule has 0 fully saturated rings. The number of benzene rings is 9. The fourth-order valence-electron chi connectivity index (χ4n) is 7.20. The maximum atomic E-state index is 9.55. The minimum Gasteiger partial charge on any atom is -0.310 e. The highest BCUT2D eigenvalue weighted by atomic mass is 15.1. The molecule has 45 heavy (non-hydrogen) atoms. The third-order valence-corrected chi connectivity index (χ3v) is 9.23. The van der Waals surface area contributed by atoms with Crippen molar-refractivity contribution in [3.63, 3.8) is 0 Å². The number of hydrogen-bond acceptors (Lipinski definition) is 2. The third kappa shape index (κ3) is 3.88. The van der Waals surface area contributed by atoms with Crippen molar-refractivity contribution in [2.75, 3.05) is 4.90 Å². The van der Waals surface area contributed by atoms with Crippen LogP contribution >= 0.6 is 0 Å². The number of nitrogens with zero attached hydrogens (tertiary/aromatic N) is 2. The summed E-state index contributed by atoms with van der Waals surface area (Å²) >= 11 is 0. The summed E-state index contributed by atoms with van der Waals surface area (Å²) < 4.78 is 0. The zero-order valence-corrected chi connectivity index (χ0v) is 24.4. The van der Waals surface area contributed by atoms with Gasteiger partial charge in [0.15, 0.2) is 0 Å². The molecule has 0 amide bonds. The third-order valence-electron chi connectivity index (χ3n) is 9.23. The van der Waals surface area contributed by atoms with Gasteiger partial charge in [-0.3, -0.25) is 0 Å². The molecule has 0 aliphatic heterocycles. The first-order chi connectivity index (χ1) is 22.3. The number of hydrogen-bond donors (Lipinski definition) is 0. The molecule has 0 saturated heterocycles. The predicted molar refractivity (Wildman–Crippen MR) is 191 cm³/mol. The van der Waals surface area contributed by atoms with Crippen LogP contribution in [0, 0.1) is 11.3 Å². The Balaban J connectivity index is 1.35. The van der Waals surface area contributed by atoms with Crippen molar-refractivity contribution >= 4 is 81.7 Å². The molecule has 208 valence electrons. The van der Waals surface area contributed by atoms with Crippen LogP contribution in [0.1, 0.15) is 5.56 Å². The van der Waals surface area contributed by atoms with Gasteiger partial charge >= 0.3 is 0 Å². The quantitative estimate of drug-likeness (QED) is 0.198. The van der Waals surface area contributed by atoms with E-state index < -0.39 is 0 Å². The first-order valence-corrected chi connectivity index (χ1v) is 15.3. The Morgan fingerprint density at radius 3 is 0.933 bits per heavy atom. The van der Waals surface area contributed by atoms with Crippen LogP contribution in [0.15, 0.2) is 158 Å². The van der Waals surface area contributed by atoms with E-state index >= 15 is 0 Å². The van der Waals surface area contributed by atoms with Gasteiger partial charge in [-0.25, -0.2) is 0 Å². The van der Waals surface area contributed by atoms with Gasteiger partial charge in [0.05, 0.1) is 11.6 Å². The molecule has 0 N–H and O–H groups in total. The molecule has 0 aromatic heterocycles. The lowest BCUT2D eigenvalue weighted by atomic mass is 9.93. The van der Waals surface area contributed by atoms with Gasteiger partial charge in [-0.15, -0.1) is 0 Å². The van der Waals surface area contributed by atoms with E-state index in [1.807, 2.05) is 24.3 Å².